The van der Waals surface area contributed by atoms with Crippen molar-refractivity contribution in [2.24, 2.45) is 4.99 Å². The average Bonchev–Trinajstić information content (AvgIpc) is 3.26. The second-order valence-corrected chi connectivity index (χ2v) is 8.53. The molecule has 5 nitrogen and oxygen atoms in total. The summed E-state index contributed by atoms with van der Waals surface area (Å²) in [7, 11) is 0. The number of aryl methyl sites for hydroxylation is 2. The van der Waals surface area contributed by atoms with E-state index in [1.54, 1.807) is 22.7 Å². The molecule has 0 amide bonds. The number of rotatable bonds is 7. The summed E-state index contributed by atoms with van der Waals surface area (Å²) < 4.78 is 0. The first-order valence-electron chi connectivity index (χ1n) is 9.11. The number of aliphatic imine (C=N–C) groups is 1. The predicted octanol–water partition coefficient (Wildman–Crippen LogP) is 4.18. The standard InChI is InChI=1S/C20H25N5S2/c1-4-21-20(22-11-10-18-23-12-14(2)26-18)24-13-17-15(3)25-19(27-17)16-8-6-5-7-9-16/h5-9,12H,4,10-11,13H2,1-3H3,(H2,21,22,24). The van der Waals surface area contributed by atoms with Gasteiger partial charge < -0.3 is 10.6 Å². The molecule has 7 heteroatoms. The fourth-order valence-electron chi connectivity index (χ4n) is 2.58. The van der Waals surface area contributed by atoms with Crippen molar-refractivity contribution in [2.75, 3.05) is 13.1 Å². The van der Waals surface area contributed by atoms with Crippen molar-refractivity contribution in [3.05, 3.63) is 57.0 Å². The van der Waals surface area contributed by atoms with Gasteiger partial charge in [0.2, 0.25) is 0 Å². The van der Waals surface area contributed by atoms with Gasteiger partial charge in [0.25, 0.3) is 0 Å². The van der Waals surface area contributed by atoms with Gasteiger partial charge in [-0.2, -0.15) is 0 Å². The molecule has 2 heterocycles. The van der Waals surface area contributed by atoms with Crippen molar-refractivity contribution < 1.29 is 0 Å². The number of benzene rings is 1. The Balaban J connectivity index is 1.61. The van der Waals surface area contributed by atoms with E-state index in [9.17, 15) is 0 Å². The second kappa shape index (κ2) is 9.62. The van der Waals surface area contributed by atoms with E-state index in [0.29, 0.717) is 6.54 Å². The minimum Gasteiger partial charge on any atom is -0.357 e. The van der Waals surface area contributed by atoms with Gasteiger partial charge in [-0.15, -0.1) is 22.7 Å². The van der Waals surface area contributed by atoms with Crippen LogP contribution >= 0.6 is 22.7 Å². The predicted molar refractivity (Wildman–Crippen MR) is 116 cm³/mol. The van der Waals surface area contributed by atoms with Crippen LogP contribution in [0.5, 0.6) is 0 Å². The highest BCUT2D eigenvalue weighted by atomic mass is 32.1. The molecule has 1 aromatic carbocycles. The third-order valence-corrected chi connectivity index (χ3v) is 6.10. The molecule has 0 radical (unpaired) electrons. The van der Waals surface area contributed by atoms with Crippen molar-refractivity contribution in [1.82, 2.24) is 20.6 Å². The lowest BCUT2D eigenvalue weighted by molar-refractivity contribution is 0.797. The Bertz CT molecular complexity index is 883. The number of thiazole rings is 2. The molecule has 3 rings (SSSR count). The lowest BCUT2D eigenvalue weighted by Crippen LogP contribution is -2.38. The first-order valence-corrected chi connectivity index (χ1v) is 10.7. The molecular formula is C20H25N5S2. The van der Waals surface area contributed by atoms with Crippen LogP contribution < -0.4 is 10.6 Å². The molecule has 0 unspecified atom stereocenters. The van der Waals surface area contributed by atoms with E-state index in [-0.39, 0.29) is 0 Å². The quantitative estimate of drug-likeness (QED) is 0.462. The van der Waals surface area contributed by atoms with Crippen LogP contribution in [0.4, 0.5) is 0 Å². The summed E-state index contributed by atoms with van der Waals surface area (Å²) in [5.41, 5.74) is 2.21. The molecule has 0 aliphatic heterocycles. The third-order valence-electron chi connectivity index (χ3n) is 3.94. The van der Waals surface area contributed by atoms with Crippen molar-refractivity contribution in [1.29, 1.82) is 0 Å². The maximum absolute atomic E-state index is 4.74. The fraction of sp³-hybridized carbons (Fsp3) is 0.350. The molecule has 0 bridgehead atoms. The largest absolute Gasteiger partial charge is 0.357 e. The Morgan fingerprint density at radius 3 is 2.63 bits per heavy atom. The number of nitrogens with zero attached hydrogens (tertiary/aromatic N) is 3. The minimum absolute atomic E-state index is 0.627. The van der Waals surface area contributed by atoms with Crippen molar-refractivity contribution in [2.45, 2.75) is 33.7 Å². The normalized spacial score (nSPS) is 11.6. The summed E-state index contributed by atoms with van der Waals surface area (Å²) in [5.74, 6) is 0.833. The van der Waals surface area contributed by atoms with Gasteiger partial charge in [0.05, 0.1) is 17.2 Å². The van der Waals surface area contributed by atoms with Crippen molar-refractivity contribution in [3.8, 4) is 10.6 Å². The van der Waals surface area contributed by atoms with Crippen LogP contribution in [0.25, 0.3) is 10.6 Å². The smallest absolute Gasteiger partial charge is 0.191 e. The number of hydrogen-bond donors (Lipinski definition) is 2. The average molecular weight is 400 g/mol. The molecule has 142 valence electrons. The van der Waals surface area contributed by atoms with Crippen LogP contribution in [0.15, 0.2) is 41.5 Å². The lowest BCUT2D eigenvalue weighted by atomic mass is 10.2. The zero-order chi connectivity index (χ0) is 19.1. The molecule has 0 aliphatic rings. The molecule has 0 fully saturated rings. The fourth-order valence-corrected chi connectivity index (χ4v) is 4.36. The lowest BCUT2D eigenvalue weighted by Gasteiger charge is -2.10. The molecule has 3 aromatic rings. The summed E-state index contributed by atoms with van der Waals surface area (Å²) in [4.78, 5) is 16.3. The molecule has 0 aliphatic carbocycles. The molecule has 2 N–H and O–H groups in total. The summed E-state index contributed by atoms with van der Waals surface area (Å²) in [5, 5.41) is 8.91. The van der Waals surface area contributed by atoms with E-state index in [1.165, 1.54) is 9.75 Å². The van der Waals surface area contributed by atoms with Gasteiger partial charge in [-0.3, -0.25) is 0 Å². The molecule has 0 atom stereocenters. The maximum atomic E-state index is 4.74. The van der Waals surface area contributed by atoms with Crippen LogP contribution in [0.1, 0.15) is 27.4 Å². The highest BCUT2D eigenvalue weighted by Gasteiger charge is 2.09. The van der Waals surface area contributed by atoms with E-state index in [4.69, 9.17) is 9.98 Å². The van der Waals surface area contributed by atoms with Crippen LogP contribution in [-0.2, 0) is 13.0 Å². The number of hydrogen-bond acceptors (Lipinski definition) is 5. The number of guanidine groups is 1. The third kappa shape index (κ3) is 5.61. The highest BCUT2D eigenvalue weighted by Crippen LogP contribution is 2.28. The van der Waals surface area contributed by atoms with E-state index in [1.807, 2.05) is 24.4 Å². The first kappa shape index (κ1) is 19.5. The Hall–Kier alpha value is -2.25. The van der Waals surface area contributed by atoms with Crippen molar-refractivity contribution in [3.63, 3.8) is 0 Å². The van der Waals surface area contributed by atoms with Gasteiger partial charge >= 0.3 is 0 Å². The van der Waals surface area contributed by atoms with Crippen LogP contribution in [0, 0.1) is 13.8 Å². The van der Waals surface area contributed by atoms with Gasteiger partial charge in [-0.1, -0.05) is 30.3 Å². The monoisotopic (exact) mass is 399 g/mol. The molecule has 0 saturated carbocycles. The Labute approximate surface area is 168 Å². The number of nitrogens with one attached hydrogen (secondary N) is 2. The number of aromatic nitrogens is 2. The first-order chi connectivity index (χ1) is 13.2. The van der Waals surface area contributed by atoms with Gasteiger partial charge in [0.15, 0.2) is 5.96 Å². The summed E-state index contributed by atoms with van der Waals surface area (Å²) in [6, 6.07) is 10.3. The van der Waals surface area contributed by atoms with Gasteiger partial charge in [-0.05, 0) is 20.8 Å². The van der Waals surface area contributed by atoms with Gasteiger partial charge in [-0.25, -0.2) is 15.0 Å². The summed E-state index contributed by atoms with van der Waals surface area (Å²) in [6.45, 7) is 8.49. The van der Waals surface area contributed by atoms with Gasteiger partial charge in [0.1, 0.15) is 5.01 Å². The Morgan fingerprint density at radius 1 is 1.11 bits per heavy atom. The van der Waals surface area contributed by atoms with Crippen LogP contribution in [0.2, 0.25) is 0 Å². The SMILES string of the molecule is CCNC(=NCc1sc(-c2ccccc2)nc1C)NCCc1ncc(C)s1. The van der Waals surface area contributed by atoms with Gasteiger partial charge in [0, 0.05) is 41.0 Å². The highest BCUT2D eigenvalue weighted by molar-refractivity contribution is 7.15. The van der Waals surface area contributed by atoms with E-state index in [0.717, 1.165) is 46.7 Å². The minimum atomic E-state index is 0.627. The Kier molecular flexibility index (Phi) is 6.95. The topological polar surface area (TPSA) is 62.2 Å². The Morgan fingerprint density at radius 2 is 1.93 bits per heavy atom. The van der Waals surface area contributed by atoms with E-state index >= 15 is 0 Å². The molecular weight excluding hydrogens is 374 g/mol. The zero-order valence-electron chi connectivity index (χ0n) is 16.0. The zero-order valence-corrected chi connectivity index (χ0v) is 17.6. The second-order valence-electron chi connectivity index (χ2n) is 6.13. The molecule has 27 heavy (non-hydrogen) atoms. The maximum Gasteiger partial charge on any atom is 0.191 e. The summed E-state index contributed by atoms with van der Waals surface area (Å²) in [6.07, 6.45) is 2.83. The summed E-state index contributed by atoms with van der Waals surface area (Å²) >= 11 is 3.46. The molecule has 2 aromatic heterocycles. The van der Waals surface area contributed by atoms with Crippen LogP contribution in [-0.4, -0.2) is 29.0 Å². The molecule has 0 spiro atoms. The van der Waals surface area contributed by atoms with E-state index < -0.39 is 0 Å². The van der Waals surface area contributed by atoms with Crippen molar-refractivity contribution >= 4 is 28.6 Å². The van der Waals surface area contributed by atoms with E-state index in [2.05, 4.69) is 48.5 Å². The van der Waals surface area contributed by atoms with Crippen LogP contribution in [0.3, 0.4) is 0 Å². The molecule has 0 saturated heterocycles.